The van der Waals surface area contributed by atoms with Gasteiger partial charge in [0, 0.05) is 32.4 Å². The molecule has 0 saturated carbocycles. The minimum absolute atomic E-state index is 0.0218. The molecule has 0 aromatic carbocycles. The fourth-order valence-electron chi connectivity index (χ4n) is 2.02. The van der Waals surface area contributed by atoms with E-state index in [1.165, 1.54) is 21.5 Å². The van der Waals surface area contributed by atoms with Gasteiger partial charge in [-0.2, -0.15) is 4.31 Å². The maximum absolute atomic E-state index is 12.5. The molecule has 0 radical (unpaired) electrons. The lowest BCUT2D eigenvalue weighted by Gasteiger charge is -2.33. The van der Waals surface area contributed by atoms with Crippen LogP contribution in [-0.4, -0.2) is 61.5 Å². The van der Waals surface area contributed by atoms with E-state index in [-0.39, 0.29) is 47.9 Å². The van der Waals surface area contributed by atoms with Crippen LogP contribution < -0.4 is 0 Å². The molecular formula is C12H15Cl2N3O4S. The molecule has 1 fully saturated rings. The van der Waals surface area contributed by atoms with Crippen molar-refractivity contribution < 1.29 is 17.9 Å². The number of aromatic nitrogens is 1. The highest BCUT2D eigenvalue weighted by atomic mass is 35.5. The Hall–Kier alpha value is -1.09. The summed E-state index contributed by atoms with van der Waals surface area (Å²) in [5.41, 5.74) is 0. The number of pyridine rings is 1. The van der Waals surface area contributed by atoms with E-state index in [1.54, 1.807) is 6.92 Å². The number of hydrogen-bond donors (Lipinski definition) is 0. The van der Waals surface area contributed by atoms with Gasteiger partial charge in [-0.1, -0.05) is 23.2 Å². The summed E-state index contributed by atoms with van der Waals surface area (Å²) in [5.74, 6) is 0. The molecule has 1 aliphatic heterocycles. The summed E-state index contributed by atoms with van der Waals surface area (Å²) in [6, 6.07) is 1.27. The second-order valence-electron chi connectivity index (χ2n) is 4.53. The van der Waals surface area contributed by atoms with Gasteiger partial charge in [0.2, 0.25) is 10.0 Å². The minimum atomic E-state index is -3.71. The number of carbonyl (C=O) groups is 1. The summed E-state index contributed by atoms with van der Waals surface area (Å²) in [4.78, 5) is 16.8. The van der Waals surface area contributed by atoms with Gasteiger partial charge in [-0.05, 0) is 13.0 Å². The quantitative estimate of drug-likeness (QED) is 0.761. The number of ether oxygens (including phenoxy) is 1. The van der Waals surface area contributed by atoms with Crippen molar-refractivity contribution in [1.29, 1.82) is 0 Å². The molecule has 0 bridgehead atoms. The van der Waals surface area contributed by atoms with Gasteiger partial charge in [-0.25, -0.2) is 18.2 Å². The van der Waals surface area contributed by atoms with Crippen LogP contribution in [0.1, 0.15) is 6.92 Å². The van der Waals surface area contributed by atoms with Crippen molar-refractivity contribution in [2.24, 2.45) is 0 Å². The zero-order valence-electron chi connectivity index (χ0n) is 11.8. The number of sulfonamides is 1. The maximum atomic E-state index is 12.5. The third kappa shape index (κ3) is 3.62. The van der Waals surface area contributed by atoms with Gasteiger partial charge in [0.25, 0.3) is 0 Å². The molecule has 2 heterocycles. The van der Waals surface area contributed by atoms with Gasteiger partial charge < -0.3 is 9.64 Å². The fourth-order valence-corrected chi connectivity index (χ4v) is 3.75. The molecule has 1 amide bonds. The van der Waals surface area contributed by atoms with E-state index in [0.29, 0.717) is 0 Å². The highest BCUT2D eigenvalue weighted by Gasteiger charge is 2.31. The molecule has 1 aliphatic rings. The molecule has 0 aliphatic carbocycles. The summed E-state index contributed by atoms with van der Waals surface area (Å²) >= 11 is 11.5. The summed E-state index contributed by atoms with van der Waals surface area (Å²) in [6.45, 7) is 2.91. The highest BCUT2D eigenvalue weighted by Crippen LogP contribution is 2.24. The van der Waals surface area contributed by atoms with Gasteiger partial charge in [-0.3, -0.25) is 0 Å². The second kappa shape index (κ2) is 6.99. The summed E-state index contributed by atoms with van der Waals surface area (Å²) in [5, 5.41) is 0.126. The first kappa shape index (κ1) is 17.3. The number of amides is 1. The molecule has 1 aromatic rings. The molecule has 22 heavy (non-hydrogen) atoms. The maximum Gasteiger partial charge on any atom is 0.409 e. The zero-order chi connectivity index (χ0) is 16.3. The Bertz CT molecular complexity index is 660. The van der Waals surface area contributed by atoms with Crippen LogP contribution in [0.3, 0.4) is 0 Å². The number of carbonyl (C=O) groups excluding carboxylic acids is 1. The SMILES string of the molecule is CCOC(=O)N1CCN(S(=O)(=O)c2cnc(Cl)c(Cl)c2)CC1. The number of halogens is 2. The van der Waals surface area contributed by atoms with E-state index in [9.17, 15) is 13.2 Å². The standard InChI is InChI=1S/C12H15Cl2N3O4S/c1-2-21-12(18)16-3-5-17(6-4-16)22(19,20)9-7-10(13)11(14)15-8-9/h7-8H,2-6H2,1H3. The van der Waals surface area contributed by atoms with Crippen LogP contribution >= 0.6 is 23.2 Å². The van der Waals surface area contributed by atoms with Gasteiger partial charge >= 0.3 is 6.09 Å². The van der Waals surface area contributed by atoms with Crippen LogP contribution in [0.4, 0.5) is 4.79 Å². The van der Waals surface area contributed by atoms with E-state index < -0.39 is 16.1 Å². The Kier molecular flexibility index (Phi) is 5.49. The Balaban J connectivity index is 2.09. The highest BCUT2D eigenvalue weighted by molar-refractivity contribution is 7.89. The van der Waals surface area contributed by atoms with Crippen LogP contribution in [0.15, 0.2) is 17.2 Å². The average molecular weight is 368 g/mol. The van der Waals surface area contributed by atoms with Crippen LogP contribution in [0.25, 0.3) is 0 Å². The number of rotatable bonds is 3. The zero-order valence-corrected chi connectivity index (χ0v) is 14.2. The Morgan fingerprint density at radius 1 is 1.32 bits per heavy atom. The van der Waals surface area contributed by atoms with Crippen molar-refractivity contribution >= 4 is 39.3 Å². The van der Waals surface area contributed by atoms with Gasteiger partial charge in [-0.15, -0.1) is 0 Å². The summed E-state index contributed by atoms with van der Waals surface area (Å²) in [6.07, 6.45) is 0.733. The molecule has 10 heteroatoms. The molecule has 7 nitrogen and oxygen atoms in total. The monoisotopic (exact) mass is 367 g/mol. The van der Waals surface area contributed by atoms with Crippen molar-refractivity contribution in [1.82, 2.24) is 14.2 Å². The first-order chi connectivity index (χ1) is 10.4. The molecule has 2 rings (SSSR count). The predicted octanol–water partition coefficient (Wildman–Crippen LogP) is 1.85. The molecule has 0 unspecified atom stereocenters. The van der Waals surface area contributed by atoms with Crippen LogP contribution in [0, 0.1) is 0 Å². The molecular weight excluding hydrogens is 353 g/mol. The van der Waals surface area contributed by atoms with E-state index in [1.807, 2.05) is 0 Å². The lowest BCUT2D eigenvalue weighted by Crippen LogP contribution is -2.50. The molecule has 122 valence electrons. The van der Waals surface area contributed by atoms with Crippen LogP contribution in [0.2, 0.25) is 10.2 Å². The smallest absolute Gasteiger partial charge is 0.409 e. The normalized spacial score (nSPS) is 16.6. The van der Waals surface area contributed by atoms with Crippen LogP contribution in [0.5, 0.6) is 0 Å². The first-order valence-corrected chi connectivity index (χ1v) is 8.78. The first-order valence-electron chi connectivity index (χ1n) is 6.59. The predicted molar refractivity (Wildman–Crippen MR) is 81.6 cm³/mol. The Morgan fingerprint density at radius 3 is 2.50 bits per heavy atom. The molecule has 0 atom stereocenters. The van der Waals surface area contributed by atoms with E-state index in [4.69, 9.17) is 27.9 Å². The van der Waals surface area contributed by atoms with Crippen molar-refractivity contribution in [2.75, 3.05) is 32.8 Å². The topological polar surface area (TPSA) is 79.8 Å². The minimum Gasteiger partial charge on any atom is -0.450 e. The molecule has 0 N–H and O–H groups in total. The lowest BCUT2D eigenvalue weighted by atomic mass is 10.4. The van der Waals surface area contributed by atoms with Gasteiger partial charge in [0.15, 0.2) is 0 Å². The van der Waals surface area contributed by atoms with E-state index in [2.05, 4.69) is 4.98 Å². The largest absolute Gasteiger partial charge is 0.450 e. The molecule has 1 aromatic heterocycles. The Morgan fingerprint density at radius 2 is 1.95 bits per heavy atom. The van der Waals surface area contributed by atoms with Crippen LogP contribution in [-0.2, 0) is 14.8 Å². The lowest BCUT2D eigenvalue weighted by molar-refractivity contribution is 0.0934. The third-order valence-corrected chi connectivity index (χ3v) is 5.72. The second-order valence-corrected chi connectivity index (χ2v) is 7.24. The summed E-state index contributed by atoms with van der Waals surface area (Å²) < 4.78 is 31.2. The van der Waals surface area contributed by atoms with E-state index >= 15 is 0 Å². The van der Waals surface area contributed by atoms with Crippen molar-refractivity contribution in [2.45, 2.75) is 11.8 Å². The number of hydrogen-bond acceptors (Lipinski definition) is 5. The van der Waals surface area contributed by atoms with Crippen molar-refractivity contribution in [3.8, 4) is 0 Å². The van der Waals surface area contributed by atoms with E-state index in [0.717, 1.165) is 0 Å². The van der Waals surface area contributed by atoms with Crippen molar-refractivity contribution in [3.05, 3.63) is 22.4 Å². The molecule has 0 spiro atoms. The summed E-state index contributed by atoms with van der Waals surface area (Å²) in [7, 11) is -3.71. The number of nitrogens with zero attached hydrogens (tertiary/aromatic N) is 3. The van der Waals surface area contributed by atoms with Gasteiger partial charge in [0.1, 0.15) is 10.0 Å². The van der Waals surface area contributed by atoms with Crippen molar-refractivity contribution in [3.63, 3.8) is 0 Å². The average Bonchev–Trinajstić information content (AvgIpc) is 2.50. The number of piperazine rings is 1. The fraction of sp³-hybridized carbons (Fsp3) is 0.500. The van der Waals surface area contributed by atoms with Gasteiger partial charge in [0.05, 0.1) is 11.6 Å². The molecule has 1 saturated heterocycles. The third-order valence-electron chi connectivity index (χ3n) is 3.17. The Labute approximate surface area is 138 Å².